The van der Waals surface area contributed by atoms with Crippen LogP contribution in [0.25, 0.3) is 12.2 Å². The van der Waals surface area contributed by atoms with E-state index >= 15 is 0 Å². The minimum atomic E-state index is -0.566. The molecule has 0 amide bonds. The highest BCUT2D eigenvalue weighted by molar-refractivity contribution is 6.02. The number of hydrogen-bond donors (Lipinski definition) is 2. The zero-order valence-electron chi connectivity index (χ0n) is 14.5. The van der Waals surface area contributed by atoms with Gasteiger partial charge in [-0.1, -0.05) is 12.1 Å². The molecule has 2 aromatic carbocycles. The maximum Gasteiger partial charge on any atom is 0.182 e. The van der Waals surface area contributed by atoms with Crippen molar-refractivity contribution in [2.45, 2.75) is 6.61 Å². The third-order valence-corrected chi connectivity index (χ3v) is 3.61. The van der Waals surface area contributed by atoms with Gasteiger partial charge in [0.15, 0.2) is 5.78 Å². The molecule has 0 saturated carbocycles. The fraction of sp³-hybridized carbons (Fsp3) is 0.0952. The molecule has 0 aromatic heterocycles. The summed E-state index contributed by atoms with van der Waals surface area (Å²) in [5.74, 6) is -1.70. The maximum atomic E-state index is 13.8. The Bertz CT molecular complexity index is 914. The summed E-state index contributed by atoms with van der Waals surface area (Å²) in [6.45, 7) is -0.276. The average molecular weight is 372 g/mol. The summed E-state index contributed by atoms with van der Waals surface area (Å²) in [5, 5.41) is 18.7. The van der Waals surface area contributed by atoms with Gasteiger partial charge in [0.1, 0.15) is 23.1 Å². The fourth-order valence-corrected chi connectivity index (χ4v) is 2.16. The molecular weight excluding hydrogens is 354 g/mol. The number of allylic oxidation sites excluding steroid dienone is 3. The van der Waals surface area contributed by atoms with Crippen molar-refractivity contribution in [1.82, 2.24) is 0 Å². The van der Waals surface area contributed by atoms with Gasteiger partial charge in [-0.15, -0.1) is 0 Å². The molecule has 0 aliphatic carbocycles. The Morgan fingerprint density at radius 3 is 2.26 bits per heavy atom. The van der Waals surface area contributed by atoms with Crippen LogP contribution in [0.5, 0.6) is 5.75 Å². The van der Waals surface area contributed by atoms with Crippen molar-refractivity contribution in [3.8, 4) is 5.75 Å². The molecule has 0 bridgehead atoms. The molecule has 2 rings (SSSR count). The number of carbonyl (C=O) groups is 1. The van der Waals surface area contributed by atoms with Gasteiger partial charge in [0.25, 0.3) is 0 Å². The number of aliphatic hydroxyl groups excluding tert-OH is 2. The molecule has 0 aliphatic rings. The molecule has 2 aromatic rings. The average Bonchev–Trinajstić information content (AvgIpc) is 2.65. The second-order valence-corrected chi connectivity index (χ2v) is 5.54. The zero-order chi connectivity index (χ0) is 19.8. The van der Waals surface area contributed by atoms with E-state index in [0.29, 0.717) is 11.3 Å². The largest absolute Gasteiger partial charge is 0.508 e. The molecule has 6 heteroatoms. The van der Waals surface area contributed by atoms with E-state index in [2.05, 4.69) is 0 Å². The van der Waals surface area contributed by atoms with Crippen LogP contribution in [0.2, 0.25) is 0 Å². The number of ether oxygens (including phenoxy) is 1. The number of rotatable bonds is 7. The predicted molar refractivity (Wildman–Crippen MR) is 99.1 cm³/mol. The first-order valence-corrected chi connectivity index (χ1v) is 7.96. The maximum absolute atomic E-state index is 13.8. The van der Waals surface area contributed by atoms with Crippen molar-refractivity contribution in [3.63, 3.8) is 0 Å². The van der Waals surface area contributed by atoms with Crippen molar-refractivity contribution in [3.05, 3.63) is 88.7 Å². The molecule has 0 fully saturated rings. The van der Waals surface area contributed by atoms with E-state index in [4.69, 9.17) is 9.84 Å². The Morgan fingerprint density at radius 2 is 1.67 bits per heavy atom. The van der Waals surface area contributed by atoms with Crippen LogP contribution >= 0.6 is 0 Å². The Morgan fingerprint density at radius 1 is 1.04 bits per heavy atom. The van der Waals surface area contributed by atoms with E-state index in [-0.39, 0.29) is 23.5 Å². The zero-order valence-corrected chi connectivity index (χ0v) is 14.5. The third kappa shape index (κ3) is 5.90. The Labute approximate surface area is 155 Å². The summed E-state index contributed by atoms with van der Waals surface area (Å²) in [6, 6.07) is 8.37. The quantitative estimate of drug-likeness (QED) is 0.434. The molecule has 0 aliphatic heterocycles. The first-order chi connectivity index (χ1) is 12.9. The van der Waals surface area contributed by atoms with Crippen LogP contribution in [0.1, 0.15) is 16.7 Å². The molecule has 2 N–H and O–H groups in total. The Hall–Kier alpha value is -3.25. The Kier molecular flexibility index (Phi) is 7.02. The van der Waals surface area contributed by atoms with Gasteiger partial charge in [0.05, 0.1) is 13.7 Å². The molecule has 0 radical (unpaired) electrons. The standard InChI is InChI=1S/C21H18F2O4/c1-27-19-9-6-16(21(23)12-19)5-8-18(26)11-17(25)7-4-15-3-2-14(13-24)10-20(15)22/h2-12,24-25H,13H2,1H3/b7-4+,8-5+,17-11-. The SMILES string of the molecule is COc1ccc(/C=C/C(=O)/C=C(O)/C=C/c2ccc(CO)cc2F)c(F)c1. The molecule has 4 nitrogen and oxygen atoms in total. The van der Waals surface area contributed by atoms with E-state index in [0.717, 1.165) is 18.2 Å². The number of aliphatic hydroxyl groups is 2. The number of hydrogen-bond acceptors (Lipinski definition) is 4. The number of benzene rings is 2. The number of carbonyl (C=O) groups excluding carboxylic acids is 1. The molecule has 0 saturated heterocycles. The number of halogens is 2. The topological polar surface area (TPSA) is 66.8 Å². The van der Waals surface area contributed by atoms with Gasteiger partial charge >= 0.3 is 0 Å². The van der Waals surface area contributed by atoms with Gasteiger partial charge in [-0.05, 0) is 48.1 Å². The van der Waals surface area contributed by atoms with Crippen LogP contribution in [0.4, 0.5) is 8.78 Å². The summed E-state index contributed by atoms with van der Waals surface area (Å²) in [5.41, 5.74) is 0.810. The smallest absolute Gasteiger partial charge is 0.182 e. The van der Waals surface area contributed by atoms with Crippen molar-refractivity contribution in [2.24, 2.45) is 0 Å². The monoisotopic (exact) mass is 372 g/mol. The van der Waals surface area contributed by atoms with Gasteiger partial charge in [-0.25, -0.2) is 8.78 Å². The van der Waals surface area contributed by atoms with Gasteiger partial charge in [-0.2, -0.15) is 0 Å². The van der Waals surface area contributed by atoms with Gasteiger partial charge < -0.3 is 14.9 Å². The van der Waals surface area contributed by atoms with Gasteiger partial charge in [-0.3, -0.25) is 4.79 Å². The fourth-order valence-electron chi connectivity index (χ4n) is 2.16. The molecule has 0 unspecified atom stereocenters. The van der Waals surface area contributed by atoms with Crippen LogP contribution in [0.3, 0.4) is 0 Å². The van der Waals surface area contributed by atoms with Crippen molar-refractivity contribution in [2.75, 3.05) is 7.11 Å². The van der Waals surface area contributed by atoms with E-state index in [1.807, 2.05) is 0 Å². The van der Waals surface area contributed by atoms with Crippen LogP contribution in [0, 0.1) is 11.6 Å². The van der Waals surface area contributed by atoms with Crippen LogP contribution in [-0.2, 0) is 11.4 Å². The van der Waals surface area contributed by atoms with Crippen LogP contribution in [-0.4, -0.2) is 23.1 Å². The molecule has 0 atom stereocenters. The van der Waals surface area contributed by atoms with Crippen molar-refractivity contribution >= 4 is 17.9 Å². The van der Waals surface area contributed by atoms with E-state index < -0.39 is 17.4 Å². The molecule has 0 spiro atoms. The number of ketones is 1. The minimum Gasteiger partial charge on any atom is -0.508 e. The van der Waals surface area contributed by atoms with E-state index in [1.54, 1.807) is 12.1 Å². The van der Waals surface area contributed by atoms with Crippen LogP contribution < -0.4 is 4.74 Å². The number of methoxy groups -OCH3 is 1. The minimum absolute atomic E-state index is 0.190. The molecule has 0 heterocycles. The summed E-state index contributed by atoms with van der Waals surface area (Å²) in [6.07, 6.45) is 5.76. The summed E-state index contributed by atoms with van der Waals surface area (Å²) >= 11 is 0. The Balaban J connectivity index is 2.05. The summed E-state index contributed by atoms with van der Waals surface area (Å²) in [4.78, 5) is 11.8. The second kappa shape index (κ2) is 9.45. The van der Waals surface area contributed by atoms with E-state index in [9.17, 15) is 18.7 Å². The highest BCUT2D eigenvalue weighted by atomic mass is 19.1. The first-order valence-electron chi connectivity index (χ1n) is 7.96. The summed E-state index contributed by atoms with van der Waals surface area (Å²) < 4.78 is 32.4. The lowest BCUT2D eigenvalue weighted by Gasteiger charge is -2.01. The van der Waals surface area contributed by atoms with Crippen molar-refractivity contribution < 1.29 is 28.5 Å². The third-order valence-electron chi connectivity index (χ3n) is 3.61. The first kappa shape index (κ1) is 20.1. The molecule has 140 valence electrons. The summed E-state index contributed by atoms with van der Waals surface area (Å²) in [7, 11) is 1.42. The van der Waals surface area contributed by atoms with E-state index in [1.165, 1.54) is 43.5 Å². The normalized spacial score (nSPS) is 12.1. The molecular formula is C21H18F2O4. The van der Waals surface area contributed by atoms with Gasteiger partial charge in [0, 0.05) is 23.3 Å². The van der Waals surface area contributed by atoms with Crippen LogP contribution in [0.15, 0.2) is 60.4 Å². The second-order valence-electron chi connectivity index (χ2n) is 5.54. The highest BCUT2D eigenvalue weighted by Gasteiger charge is 2.03. The lowest BCUT2D eigenvalue weighted by Crippen LogP contribution is -1.91. The predicted octanol–water partition coefficient (Wildman–Crippen LogP) is 4.20. The lowest BCUT2D eigenvalue weighted by atomic mass is 10.1. The van der Waals surface area contributed by atoms with Gasteiger partial charge in [0.2, 0.25) is 0 Å². The lowest BCUT2D eigenvalue weighted by molar-refractivity contribution is -0.110. The molecule has 27 heavy (non-hydrogen) atoms. The highest BCUT2D eigenvalue weighted by Crippen LogP contribution is 2.17. The van der Waals surface area contributed by atoms with Crippen molar-refractivity contribution in [1.29, 1.82) is 0 Å².